The third-order valence-electron chi connectivity index (χ3n) is 3.85. The predicted octanol–water partition coefficient (Wildman–Crippen LogP) is 3.71. The molecule has 2 aromatic rings. The number of alkyl halides is 2. The molecule has 0 aliphatic carbocycles. The highest BCUT2D eigenvalue weighted by Crippen LogP contribution is 2.27. The summed E-state index contributed by atoms with van der Waals surface area (Å²) in [7, 11) is -3.54. The zero-order chi connectivity index (χ0) is 19.3. The van der Waals surface area contributed by atoms with Crippen LogP contribution in [0.3, 0.4) is 0 Å². The fourth-order valence-corrected chi connectivity index (χ4v) is 5.12. The molecule has 0 radical (unpaired) electrons. The largest absolute Gasteiger partial charge is 0.379 e. The standard InChI is InChI=1S/C17H18F2N2O3S3/c18-17(19)26-14-3-1-13(2-4-14)12-25-16-6-5-15(11-20-16)27(22,23)21-7-9-24-10-8-21/h1-6,11,17H,7-10,12H2. The van der Waals surface area contributed by atoms with Gasteiger partial charge in [0.1, 0.15) is 4.90 Å². The molecule has 27 heavy (non-hydrogen) atoms. The maximum atomic E-state index is 12.6. The number of hydrogen-bond donors (Lipinski definition) is 0. The molecule has 1 aromatic carbocycles. The lowest BCUT2D eigenvalue weighted by molar-refractivity contribution is 0.0730. The van der Waals surface area contributed by atoms with Gasteiger partial charge in [-0.3, -0.25) is 0 Å². The van der Waals surface area contributed by atoms with E-state index in [1.54, 1.807) is 36.4 Å². The minimum atomic E-state index is -3.54. The number of rotatable bonds is 7. The summed E-state index contributed by atoms with van der Waals surface area (Å²) in [6, 6.07) is 10.2. The minimum absolute atomic E-state index is 0.169. The van der Waals surface area contributed by atoms with E-state index in [9.17, 15) is 17.2 Å². The van der Waals surface area contributed by atoms with Gasteiger partial charge in [-0.15, -0.1) is 11.8 Å². The van der Waals surface area contributed by atoms with Crippen molar-refractivity contribution in [1.29, 1.82) is 0 Å². The number of aromatic nitrogens is 1. The van der Waals surface area contributed by atoms with Crippen molar-refractivity contribution in [2.45, 2.75) is 26.3 Å². The van der Waals surface area contributed by atoms with Gasteiger partial charge < -0.3 is 4.74 Å². The molecule has 1 aromatic heterocycles. The second-order valence-electron chi connectivity index (χ2n) is 5.66. The second-order valence-corrected chi connectivity index (χ2v) is 9.66. The van der Waals surface area contributed by atoms with Gasteiger partial charge in [0.15, 0.2) is 0 Å². The Balaban J connectivity index is 1.59. The fourth-order valence-electron chi connectivity index (χ4n) is 2.47. The number of ether oxygens (including phenoxy) is 1. The molecule has 146 valence electrons. The van der Waals surface area contributed by atoms with Crippen LogP contribution in [0.15, 0.2) is 57.4 Å². The number of benzene rings is 1. The monoisotopic (exact) mass is 432 g/mol. The fraction of sp³-hybridized carbons (Fsp3) is 0.353. The first-order valence-electron chi connectivity index (χ1n) is 8.15. The van der Waals surface area contributed by atoms with E-state index in [0.717, 1.165) is 5.56 Å². The van der Waals surface area contributed by atoms with Crippen molar-refractivity contribution in [3.05, 3.63) is 48.2 Å². The molecule has 3 rings (SSSR count). The van der Waals surface area contributed by atoms with Crippen LogP contribution in [0.2, 0.25) is 0 Å². The normalized spacial score (nSPS) is 16.0. The van der Waals surface area contributed by atoms with Crippen LogP contribution in [-0.4, -0.2) is 49.8 Å². The molecule has 0 N–H and O–H groups in total. The number of thioether (sulfide) groups is 2. The molecule has 0 amide bonds. The van der Waals surface area contributed by atoms with Crippen LogP contribution in [0.1, 0.15) is 5.56 Å². The number of sulfonamides is 1. The number of pyridine rings is 1. The van der Waals surface area contributed by atoms with Gasteiger partial charge in [0.2, 0.25) is 10.0 Å². The van der Waals surface area contributed by atoms with Crippen LogP contribution in [0.4, 0.5) is 8.78 Å². The molecule has 10 heteroatoms. The Morgan fingerprint density at radius 1 is 1.11 bits per heavy atom. The van der Waals surface area contributed by atoms with E-state index in [1.165, 1.54) is 22.3 Å². The van der Waals surface area contributed by atoms with Crippen molar-refractivity contribution in [2.24, 2.45) is 0 Å². The van der Waals surface area contributed by atoms with Crippen LogP contribution in [0.5, 0.6) is 0 Å². The first-order valence-corrected chi connectivity index (χ1v) is 11.5. The maximum Gasteiger partial charge on any atom is 0.288 e. The van der Waals surface area contributed by atoms with Gasteiger partial charge in [-0.2, -0.15) is 13.1 Å². The van der Waals surface area contributed by atoms with Crippen LogP contribution in [-0.2, 0) is 20.5 Å². The molecule has 0 atom stereocenters. The van der Waals surface area contributed by atoms with E-state index in [1.807, 2.05) is 0 Å². The number of nitrogens with zero attached hydrogens (tertiary/aromatic N) is 2. The van der Waals surface area contributed by atoms with Gasteiger partial charge >= 0.3 is 0 Å². The van der Waals surface area contributed by atoms with E-state index in [-0.39, 0.29) is 4.90 Å². The van der Waals surface area contributed by atoms with E-state index in [0.29, 0.717) is 53.7 Å². The molecule has 0 bridgehead atoms. The molecular formula is C17H18F2N2O3S3. The summed E-state index contributed by atoms with van der Waals surface area (Å²) in [6.45, 7) is 1.49. The summed E-state index contributed by atoms with van der Waals surface area (Å²) in [4.78, 5) is 4.93. The van der Waals surface area contributed by atoms with Crippen molar-refractivity contribution in [1.82, 2.24) is 9.29 Å². The first-order chi connectivity index (χ1) is 12.9. The van der Waals surface area contributed by atoms with Crippen LogP contribution < -0.4 is 0 Å². The van der Waals surface area contributed by atoms with Crippen LogP contribution in [0, 0.1) is 0 Å². The van der Waals surface area contributed by atoms with Crippen LogP contribution in [0.25, 0.3) is 0 Å². The smallest absolute Gasteiger partial charge is 0.288 e. The molecule has 0 saturated carbocycles. The zero-order valence-electron chi connectivity index (χ0n) is 14.3. The van der Waals surface area contributed by atoms with Gasteiger partial charge in [0, 0.05) is 29.9 Å². The molecule has 0 spiro atoms. The zero-order valence-corrected chi connectivity index (χ0v) is 16.7. The Labute approximate surface area is 165 Å². The number of hydrogen-bond acceptors (Lipinski definition) is 6. The Morgan fingerprint density at radius 2 is 1.81 bits per heavy atom. The third kappa shape index (κ3) is 5.64. The van der Waals surface area contributed by atoms with Crippen LogP contribution >= 0.6 is 23.5 Å². The highest BCUT2D eigenvalue weighted by atomic mass is 32.2. The molecule has 5 nitrogen and oxygen atoms in total. The molecule has 1 aliphatic heterocycles. The van der Waals surface area contributed by atoms with E-state index < -0.39 is 15.8 Å². The van der Waals surface area contributed by atoms with Crippen molar-refractivity contribution in [3.8, 4) is 0 Å². The summed E-state index contributed by atoms with van der Waals surface area (Å²) >= 11 is 1.97. The predicted molar refractivity (Wildman–Crippen MR) is 102 cm³/mol. The van der Waals surface area contributed by atoms with Gasteiger partial charge in [0.25, 0.3) is 5.76 Å². The summed E-state index contributed by atoms with van der Waals surface area (Å²) in [5.74, 6) is -1.82. The van der Waals surface area contributed by atoms with Gasteiger partial charge in [-0.05, 0) is 29.8 Å². The quantitative estimate of drug-likeness (QED) is 0.622. The first kappa shape index (κ1) is 20.5. The lowest BCUT2D eigenvalue weighted by Crippen LogP contribution is -2.40. The Morgan fingerprint density at radius 3 is 2.41 bits per heavy atom. The van der Waals surface area contributed by atoms with Gasteiger partial charge in [-0.1, -0.05) is 23.9 Å². The molecule has 2 heterocycles. The average molecular weight is 433 g/mol. The lowest BCUT2D eigenvalue weighted by atomic mass is 10.2. The molecule has 1 saturated heterocycles. The van der Waals surface area contributed by atoms with Crippen molar-refractivity contribution in [3.63, 3.8) is 0 Å². The van der Waals surface area contributed by atoms with Crippen molar-refractivity contribution in [2.75, 3.05) is 26.3 Å². The lowest BCUT2D eigenvalue weighted by Gasteiger charge is -2.25. The summed E-state index contributed by atoms with van der Waals surface area (Å²) in [5.41, 5.74) is 0.977. The topological polar surface area (TPSA) is 59.5 Å². The van der Waals surface area contributed by atoms with Crippen molar-refractivity contribution < 1.29 is 21.9 Å². The third-order valence-corrected chi connectivity index (χ3v) is 7.47. The van der Waals surface area contributed by atoms with E-state index in [4.69, 9.17) is 4.74 Å². The molecular weight excluding hydrogens is 414 g/mol. The highest BCUT2D eigenvalue weighted by molar-refractivity contribution is 7.99. The summed E-state index contributed by atoms with van der Waals surface area (Å²) in [5, 5.41) is 0.696. The van der Waals surface area contributed by atoms with Gasteiger partial charge in [0.05, 0.1) is 18.2 Å². The SMILES string of the molecule is O=S(=O)(c1ccc(SCc2ccc(SC(F)F)cc2)nc1)N1CCOCC1. The average Bonchev–Trinajstić information content (AvgIpc) is 2.68. The minimum Gasteiger partial charge on any atom is -0.379 e. The van der Waals surface area contributed by atoms with Crippen molar-refractivity contribution >= 4 is 33.5 Å². The Hall–Kier alpha value is -1.20. The molecule has 1 fully saturated rings. The highest BCUT2D eigenvalue weighted by Gasteiger charge is 2.26. The Kier molecular flexibility index (Phi) is 7.10. The number of morpholine rings is 1. The maximum absolute atomic E-state index is 12.6. The Bertz CT molecular complexity index is 841. The summed E-state index contributed by atoms with van der Waals surface area (Å²) < 4.78 is 56.3. The molecule has 0 unspecified atom stereocenters. The number of halogens is 2. The molecule has 1 aliphatic rings. The van der Waals surface area contributed by atoms with E-state index in [2.05, 4.69) is 4.98 Å². The van der Waals surface area contributed by atoms with Gasteiger partial charge in [-0.25, -0.2) is 13.4 Å². The van der Waals surface area contributed by atoms with E-state index >= 15 is 0 Å². The second kappa shape index (κ2) is 9.33. The summed E-state index contributed by atoms with van der Waals surface area (Å²) in [6.07, 6.45) is 1.37.